The van der Waals surface area contributed by atoms with Crippen LogP contribution in [-0.2, 0) is 12.8 Å². The summed E-state index contributed by atoms with van der Waals surface area (Å²) in [6.07, 6.45) is 6.31. The minimum absolute atomic E-state index is 0.649. The van der Waals surface area contributed by atoms with Crippen molar-refractivity contribution in [1.82, 2.24) is 0 Å². The van der Waals surface area contributed by atoms with Crippen LogP contribution in [0.15, 0.2) is 18.2 Å². The molecule has 2 heteroatoms. The molecule has 0 saturated carbocycles. The molecule has 1 aliphatic rings. The van der Waals surface area contributed by atoms with E-state index in [-0.39, 0.29) is 0 Å². The highest BCUT2D eigenvalue weighted by atomic mass is 14.9. The van der Waals surface area contributed by atoms with Crippen molar-refractivity contribution in [3.05, 3.63) is 29.3 Å². The van der Waals surface area contributed by atoms with Crippen LogP contribution in [0.4, 0.5) is 5.69 Å². The van der Waals surface area contributed by atoms with Gasteiger partial charge in [-0.3, -0.25) is 0 Å². The maximum atomic E-state index is 5.56. The molecule has 0 amide bonds. The highest BCUT2D eigenvalue weighted by Gasteiger charge is 2.09. The van der Waals surface area contributed by atoms with E-state index in [0.717, 1.165) is 19.5 Å². The van der Waals surface area contributed by atoms with Crippen molar-refractivity contribution in [3.63, 3.8) is 0 Å². The molecule has 2 nitrogen and oxygen atoms in total. The lowest BCUT2D eigenvalue weighted by Crippen LogP contribution is -2.15. The molecule has 2 rings (SSSR count). The number of nitrogens with two attached hydrogens (primary N) is 1. The van der Waals surface area contributed by atoms with E-state index in [2.05, 4.69) is 30.4 Å². The molecule has 1 atom stereocenters. The van der Waals surface area contributed by atoms with E-state index in [1.54, 1.807) is 11.1 Å². The van der Waals surface area contributed by atoms with Gasteiger partial charge in [-0.15, -0.1) is 0 Å². The fourth-order valence-corrected chi connectivity index (χ4v) is 2.52. The first-order chi connectivity index (χ1) is 8.29. The summed E-state index contributed by atoms with van der Waals surface area (Å²) in [7, 11) is 0. The Labute approximate surface area is 105 Å². The fourth-order valence-electron chi connectivity index (χ4n) is 2.52. The largest absolute Gasteiger partial charge is 0.385 e. The van der Waals surface area contributed by atoms with Crippen LogP contribution in [0.1, 0.15) is 37.3 Å². The van der Waals surface area contributed by atoms with Crippen LogP contribution < -0.4 is 11.1 Å². The van der Waals surface area contributed by atoms with Crippen molar-refractivity contribution in [3.8, 4) is 0 Å². The Hall–Kier alpha value is -1.02. The Morgan fingerprint density at radius 2 is 2.00 bits per heavy atom. The van der Waals surface area contributed by atoms with Gasteiger partial charge in [0, 0.05) is 12.2 Å². The maximum Gasteiger partial charge on any atom is 0.0343 e. The summed E-state index contributed by atoms with van der Waals surface area (Å²) in [5, 5.41) is 3.52. The van der Waals surface area contributed by atoms with Crippen LogP contribution in [0.5, 0.6) is 0 Å². The topological polar surface area (TPSA) is 38.0 Å². The van der Waals surface area contributed by atoms with Crippen LogP contribution in [0, 0.1) is 5.92 Å². The molecular formula is C15H24N2. The number of anilines is 1. The zero-order valence-corrected chi connectivity index (χ0v) is 10.8. The van der Waals surface area contributed by atoms with E-state index >= 15 is 0 Å². The summed E-state index contributed by atoms with van der Waals surface area (Å²) >= 11 is 0. The van der Waals surface area contributed by atoms with E-state index < -0.39 is 0 Å². The molecule has 1 aromatic carbocycles. The van der Waals surface area contributed by atoms with E-state index in [0.29, 0.717) is 5.92 Å². The number of nitrogens with one attached hydrogen (secondary N) is 1. The molecule has 17 heavy (non-hydrogen) atoms. The normalized spacial score (nSPS) is 16.4. The molecule has 0 fully saturated rings. The number of hydrogen-bond donors (Lipinski definition) is 2. The maximum absolute atomic E-state index is 5.56. The van der Waals surface area contributed by atoms with Crippen molar-refractivity contribution >= 4 is 5.69 Å². The monoisotopic (exact) mass is 232 g/mol. The highest BCUT2D eigenvalue weighted by molar-refractivity contribution is 5.49. The quantitative estimate of drug-likeness (QED) is 0.819. The number of hydrogen-bond acceptors (Lipinski definition) is 2. The van der Waals surface area contributed by atoms with Gasteiger partial charge in [0.2, 0.25) is 0 Å². The van der Waals surface area contributed by atoms with Gasteiger partial charge in [-0.2, -0.15) is 0 Å². The van der Waals surface area contributed by atoms with Gasteiger partial charge in [-0.1, -0.05) is 13.0 Å². The van der Waals surface area contributed by atoms with Crippen molar-refractivity contribution in [2.45, 2.75) is 39.0 Å². The summed E-state index contributed by atoms with van der Waals surface area (Å²) in [5.74, 6) is 0.649. The second kappa shape index (κ2) is 6.06. The summed E-state index contributed by atoms with van der Waals surface area (Å²) in [6, 6.07) is 6.85. The molecule has 0 bridgehead atoms. The number of fused-ring (bicyclic) bond motifs is 1. The molecule has 3 N–H and O–H groups in total. The summed E-state index contributed by atoms with van der Waals surface area (Å²) < 4.78 is 0. The third-order valence-electron chi connectivity index (χ3n) is 3.66. The Morgan fingerprint density at radius 3 is 2.76 bits per heavy atom. The first kappa shape index (κ1) is 12.4. The van der Waals surface area contributed by atoms with Crippen LogP contribution in [0.25, 0.3) is 0 Å². The third-order valence-corrected chi connectivity index (χ3v) is 3.66. The first-order valence-electron chi connectivity index (χ1n) is 6.85. The molecule has 1 unspecified atom stereocenters. The highest BCUT2D eigenvalue weighted by Crippen LogP contribution is 2.24. The van der Waals surface area contributed by atoms with Crippen molar-refractivity contribution in [2.24, 2.45) is 11.7 Å². The van der Waals surface area contributed by atoms with Gasteiger partial charge in [0.05, 0.1) is 0 Å². The van der Waals surface area contributed by atoms with E-state index in [1.807, 2.05) is 0 Å². The lowest BCUT2D eigenvalue weighted by atomic mass is 9.91. The van der Waals surface area contributed by atoms with Crippen LogP contribution in [0.2, 0.25) is 0 Å². The zero-order chi connectivity index (χ0) is 12.1. The van der Waals surface area contributed by atoms with Crippen molar-refractivity contribution < 1.29 is 0 Å². The average molecular weight is 232 g/mol. The minimum atomic E-state index is 0.649. The van der Waals surface area contributed by atoms with Gasteiger partial charge < -0.3 is 11.1 Å². The summed E-state index contributed by atoms with van der Waals surface area (Å²) in [6.45, 7) is 4.06. The van der Waals surface area contributed by atoms with E-state index in [4.69, 9.17) is 5.73 Å². The van der Waals surface area contributed by atoms with Gasteiger partial charge in [0.25, 0.3) is 0 Å². The van der Waals surface area contributed by atoms with Crippen molar-refractivity contribution in [2.75, 3.05) is 18.4 Å². The Balaban J connectivity index is 1.93. The number of benzene rings is 1. The fraction of sp³-hybridized carbons (Fsp3) is 0.600. The Kier molecular flexibility index (Phi) is 4.43. The molecule has 0 heterocycles. The summed E-state index contributed by atoms with van der Waals surface area (Å²) in [5.41, 5.74) is 9.94. The van der Waals surface area contributed by atoms with Crippen molar-refractivity contribution in [1.29, 1.82) is 0 Å². The summed E-state index contributed by atoms with van der Waals surface area (Å²) in [4.78, 5) is 0. The van der Waals surface area contributed by atoms with E-state index in [1.165, 1.54) is 31.4 Å². The molecule has 1 aliphatic carbocycles. The van der Waals surface area contributed by atoms with Gasteiger partial charge in [-0.25, -0.2) is 0 Å². The molecule has 0 aliphatic heterocycles. The Bertz CT molecular complexity index is 360. The second-order valence-electron chi connectivity index (χ2n) is 5.25. The predicted molar refractivity (Wildman–Crippen MR) is 74.4 cm³/mol. The molecule has 94 valence electrons. The minimum Gasteiger partial charge on any atom is -0.385 e. The standard InChI is InChI=1S/C15H24N2/c1-12(8-9-16)11-17-15-7-6-13-4-2-3-5-14(13)10-15/h6-7,10,12,17H,2-5,8-9,11,16H2,1H3. The number of aryl methyl sites for hydroxylation is 2. The second-order valence-corrected chi connectivity index (χ2v) is 5.25. The molecular weight excluding hydrogens is 208 g/mol. The van der Waals surface area contributed by atoms with Crippen LogP contribution >= 0.6 is 0 Å². The van der Waals surface area contributed by atoms with Gasteiger partial charge >= 0.3 is 0 Å². The van der Waals surface area contributed by atoms with Gasteiger partial charge in [-0.05, 0) is 67.8 Å². The molecule has 1 aromatic rings. The molecule has 0 spiro atoms. The lowest BCUT2D eigenvalue weighted by Gasteiger charge is -2.18. The van der Waals surface area contributed by atoms with Gasteiger partial charge in [0.15, 0.2) is 0 Å². The van der Waals surface area contributed by atoms with E-state index in [9.17, 15) is 0 Å². The number of rotatable bonds is 5. The first-order valence-corrected chi connectivity index (χ1v) is 6.85. The lowest BCUT2D eigenvalue weighted by molar-refractivity contribution is 0.568. The SMILES string of the molecule is CC(CCN)CNc1ccc2c(c1)CCCC2. The Morgan fingerprint density at radius 1 is 1.24 bits per heavy atom. The van der Waals surface area contributed by atoms with Gasteiger partial charge in [0.1, 0.15) is 0 Å². The zero-order valence-electron chi connectivity index (χ0n) is 10.8. The third kappa shape index (κ3) is 3.47. The smallest absolute Gasteiger partial charge is 0.0343 e. The van der Waals surface area contributed by atoms with Crippen LogP contribution in [0.3, 0.4) is 0 Å². The molecule has 0 aromatic heterocycles. The molecule has 0 saturated heterocycles. The van der Waals surface area contributed by atoms with Crippen LogP contribution in [-0.4, -0.2) is 13.1 Å². The molecule has 0 radical (unpaired) electrons. The average Bonchev–Trinajstić information content (AvgIpc) is 2.36. The predicted octanol–water partition coefficient (Wildman–Crippen LogP) is 2.96.